The Bertz CT molecular complexity index is 332. The van der Waals surface area contributed by atoms with E-state index in [2.05, 4.69) is 4.72 Å². The van der Waals surface area contributed by atoms with Gasteiger partial charge in [0.25, 0.3) is 0 Å². The van der Waals surface area contributed by atoms with Crippen LogP contribution in [0.3, 0.4) is 0 Å². The first kappa shape index (κ1) is 13.4. The molecule has 16 heavy (non-hydrogen) atoms. The van der Waals surface area contributed by atoms with Crippen LogP contribution in [0.15, 0.2) is 0 Å². The topological polar surface area (TPSA) is 66.5 Å². The number of carbonyl (C=O) groups is 1. The number of rotatable bonds is 5. The fourth-order valence-electron chi connectivity index (χ4n) is 1.59. The van der Waals surface area contributed by atoms with E-state index in [0.717, 1.165) is 25.9 Å². The van der Waals surface area contributed by atoms with Gasteiger partial charge in [-0.15, -0.1) is 0 Å². The Hall–Kier alpha value is -0.620. The Kier molecular flexibility index (Phi) is 4.73. The van der Waals surface area contributed by atoms with Crippen LogP contribution in [-0.4, -0.2) is 44.1 Å². The predicted molar refractivity (Wildman–Crippen MR) is 62.5 cm³/mol. The van der Waals surface area contributed by atoms with E-state index in [4.69, 9.17) is 0 Å². The van der Waals surface area contributed by atoms with Crippen LogP contribution in [0, 0.1) is 0 Å². The molecule has 0 aromatic heterocycles. The van der Waals surface area contributed by atoms with Crippen molar-refractivity contribution in [2.75, 3.05) is 19.6 Å². The molecule has 1 heterocycles. The summed E-state index contributed by atoms with van der Waals surface area (Å²) in [5.74, 6) is 0.0453. The van der Waals surface area contributed by atoms with E-state index in [-0.39, 0.29) is 18.9 Å². The molecule has 1 fully saturated rings. The van der Waals surface area contributed by atoms with Crippen molar-refractivity contribution in [3.8, 4) is 0 Å². The Morgan fingerprint density at radius 3 is 2.38 bits per heavy atom. The van der Waals surface area contributed by atoms with E-state index in [9.17, 15) is 13.2 Å². The average Bonchev–Trinajstić information content (AvgIpc) is 2.69. The number of hydrogen-bond acceptors (Lipinski definition) is 3. The second kappa shape index (κ2) is 5.63. The molecule has 0 radical (unpaired) electrons. The first-order valence-electron chi connectivity index (χ1n) is 5.70. The lowest BCUT2D eigenvalue weighted by Gasteiger charge is -2.15. The number of likely N-dealkylation sites (tertiary alicyclic amines) is 1. The maximum Gasteiger partial charge on any atom is 0.223 e. The molecule has 0 atom stereocenters. The van der Waals surface area contributed by atoms with Crippen LogP contribution in [0.2, 0.25) is 0 Å². The lowest BCUT2D eigenvalue weighted by Crippen LogP contribution is -2.35. The number of sulfonamides is 1. The van der Waals surface area contributed by atoms with Crippen molar-refractivity contribution in [1.29, 1.82) is 0 Å². The van der Waals surface area contributed by atoms with E-state index < -0.39 is 15.3 Å². The fourth-order valence-corrected chi connectivity index (χ4v) is 2.31. The van der Waals surface area contributed by atoms with Gasteiger partial charge in [-0.1, -0.05) is 0 Å². The lowest BCUT2D eigenvalue weighted by atomic mass is 10.4. The second-order valence-corrected chi connectivity index (χ2v) is 6.65. The number of hydrogen-bond donors (Lipinski definition) is 1. The molecule has 0 aromatic rings. The second-order valence-electron chi connectivity index (χ2n) is 4.33. The van der Waals surface area contributed by atoms with Gasteiger partial charge in [0.15, 0.2) is 0 Å². The molecular weight excluding hydrogens is 228 g/mol. The van der Waals surface area contributed by atoms with Gasteiger partial charge in [-0.3, -0.25) is 4.79 Å². The van der Waals surface area contributed by atoms with Gasteiger partial charge in [0, 0.05) is 26.1 Å². The van der Waals surface area contributed by atoms with Gasteiger partial charge in [-0.25, -0.2) is 13.1 Å². The predicted octanol–water partition coefficient (Wildman–Crippen LogP) is 0.327. The smallest absolute Gasteiger partial charge is 0.223 e. The SMILES string of the molecule is CC(C)S(=O)(=O)NCCC(=O)N1CCCC1. The van der Waals surface area contributed by atoms with Gasteiger partial charge < -0.3 is 4.90 Å². The number of nitrogens with zero attached hydrogens (tertiary/aromatic N) is 1. The van der Waals surface area contributed by atoms with Crippen LogP contribution in [0.5, 0.6) is 0 Å². The maximum absolute atomic E-state index is 11.6. The zero-order valence-electron chi connectivity index (χ0n) is 9.90. The van der Waals surface area contributed by atoms with Crippen molar-refractivity contribution in [3.63, 3.8) is 0 Å². The van der Waals surface area contributed by atoms with Crippen LogP contribution in [0.25, 0.3) is 0 Å². The van der Waals surface area contributed by atoms with Gasteiger partial charge in [-0.2, -0.15) is 0 Å². The molecule has 94 valence electrons. The third-order valence-corrected chi connectivity index (χ3v) is 4.57. The van der Waals surface area contributed by atoms with Crippen molar-refractivity contribution >= 4 is 15.9 Å². The summed E-state index contributed by atoms with van der Waals surface area (Å²) in [6.45, 7) is 5.07. The highest BCUT2D eigenvalue weighted by Gasteiger charge is 2.19. The van der Waals surface area contributed by atoms with Crippen molar-refractivity contribution in [1.82, 2.24) is 9.62 Å². The molecule has 1 saturated heterocycles. The molecule has 0 aliphatic carbocycles. The van der Waals surface area contributed by atoms with Crippen LogP contribution in [0.1, 0.15) is 33.1 Å². The summed E-state index contributed by atoms with van der Waals surface area (Å²) < 4.78 is 25.2. The van der Waals surface area contributed by atoms with Crippen LogP contribution >= 0.6 is 0 Å². The minimum absolute atomic E-state index is 0.0453. The van der Waals surface area contributed by atoms with Crippen molar-refractivity contribution in [2.45, 2.75) is 38.4 Å². The number of nitrogens with one attached hydrogen (secondary N) is 1. The average molecular weight is 248 g/mol. The summed E-state index contributed by atoms with van der Waals surface area (Å²) in [4.78, 5) is 13.4. The minimum Gasteiger partial charge on any atom is -0.343 e. The van der Waals surface area contributed by atoms with Crippen LogP contribution in [-0.2, 0) is 14.8 Å². The van der Waals surface area contributed by atoms with Crippen LogP contribution in [0.4, 0.5) is 0 Å². The van der Waals surface area contributed by atoms with Crippen LogP contribution < -0.4 is 4.72 Å². The summed E-state index contributed by atoms with van der Waals surface area (Å²) in [5, 5.41) is -0.450. The van der Waals surface area contributed by atoms with E-state index >= 15 is 0 Å². The van der Waals surface area contributed by atoms with Gasteiger partial charge in [-0.05, 0) is 26.7 Å². The van der Waals surface area contributed by atoms with Gasteiger partial charge in [0.2, 0.25) is 15.9 Å². The normalized spacial score (nSPS) is 17.1. The summed E-state index contributed by atoms with van der Waals surface area (Å²) in [5.41, 5.74) is 0. The standard InChI is InChI=1S/C10H20N2O3S/c1-9(2)16(14,15)11-6-5-10(13)12-7-3-4-8-12/h9,11H,3-8H2,1-2H3. The molecule has 1 N–H and O–H groups in total. The highest BCUT2D eigenvalue weighted by atomic mass is 32.2. The van der Waals surface area contributed by atoms with Crippen molar-refractivity contribution in [2.24, 2.45) is 0 Å². The number of carbonyl (C=O) groups excluding carboxylic acids is 1. The zero-order chi connectivity index (χ0) is 12.2. The van der Waals surface area contributed by atoms with Gasteiger partial charge >= 0.3 is 0 Å². The van der Waals surface area contributed by atoms with Gasteiger partial charge in [0.1, 0.15) is 0 Å². The van der Waals surface area contributed by atoms with Gasteiger partial charge in [0.05, 0.1) is 5.25 Å². The molecule has 6 heteroatoms. The number of amides is 1. The van der Waals surface area contributed by atoms with E-state index in [1.54, 1.807) is 18.7 Å². The summed E-state index contributed by atoms with van der Waals surface area (Å²) in [6, 6.07) is 0. The Balaban J connectivity index is 2.27. The van der Waals surface area contributed by atoms with E-state index in [0.29, 0.717) is 0 Å². The fraction of sp³-hybridized carbons (Fsp3) is 0.900. The maximum atomic E-state index is 11.6. The lowest BCUT2D eigenvalue weighted by molar-refractivity contribution is -0.129. The highest BCUT2D eigenvalue weighted by molar-refractivity contribution is 7.90. The molecule has 0 bridgehead atoms. The molecule has 1 amide bonds. The molecule has 0 spiro atoms. The molecule has 0 aromatic carbocycles. The Morgan fingerprint density at radius 1 is 1.31 bits per heavy atom. The first-order chi connectivity index (χ1) is 7.43. The third-order valence-electron chi connectivity index (χ3n) is 2.72. The Morgan fingerprint density at radius 2 is 1.88 bits per heavy atom. The largest absolute Gasteiger partial charge is 0.343 e. The minimum atomic E-state index is -3.24. The first-order valence-corrected chi connectivity index (χ1v) is 7.24. The molecule has 1 aliphatic rings. The molecule has 0 saturated carbocycles. The monoisotopic (exact) mass is 248 g/mol. The quantitative estimate of drug-likeness (QED) is 0.762. The Labute approximate surface area is 97.2 Å². The third kappa shape index (κ3) is 3.75. The molecule has 1 aliphatic heterocycles. The summed E-state index contributed by atoms with van der Waals surface area (Å²) in [6.07, 6.45) is 2.37. The van der Waals surface area contributed by atoms with Crippen molar-refractivity contribution in [3.05, 3.63) is 0 Å². The molecular formula is C10H20N2O3S. The zero-order valence-corrected chi connectivity index (χ0v) is 10.7. The summed E-state index contributed by atoms with van der Waals surface area (Å²) in [7, 11) is -3.24. The van der Waals surface area contributed by atoms with E-state index in [1.807, 2.05) is 0 Å². The summed E-state index contributed by atoms with van der Waals surface area (Å²) >= 11 is 0. The molecule has 5 nitrogen and oxygen atoms in total. The van der Waals surface area contributed by atoms with Crippen molar-refractivity contribution < 1.29 is 13.2 Å². The molecule has 1 rings (SSSR count). The molecule has 0 unspecified atom stereocenters. The highest BCUT2D eigenvalue weighted by Crippen LogP contribution is 2.08. The van der Waals surface area contributed by atoms with E-state index in [1.165, 1.54) is 0 Å².